The molecule has 130 valence electrons. The lowest BCUT2D eigenvalue weighted by Crippen LogP contribution is -2.18. The highest BCUT2D eigenvalue weighted by Gasteiger charge is 2.16. The maximum Gasteiger partial charge on any atom is 0.240 e. The highest BCUT2D eigenvalue weighted by atomic mass is 32.2. The van der Waals surface area contributed by atoms with Gasteiger partial charge in [-0.05, 0) is 50.2 Å². The molecule has 0 radical (unpaired) electrons. The van der Waals surface area contributed by atoms with Crippen molar-refractivity contribution in [3.05, 3.63) is 47.8 Å². The summed E-state index contributed by atoms with van der Waals surface area (Å²) in [5.74, 6) is 0.831. The minimum absolute atomic E-state index is 0.185. The van der Waals surface area contributed by atoms with Crippen molar-refractivity contribution in [2.45, 2.75) is 18.7 Å². The van der Waals surface area contributed by atoms with Crippen LogP contribution in [0.1, 0.15) is 11.3 Å². The highest BCUT2D eigenvalue weighted by Crippen LogP contribution is 2.32. The predicted molar refractivity (Wildman–Crippen MR) is 95.3 cm³/mol. The molecule has 2 aromatic heterocycles. The van der Waals surface area contributed by atoms with Crippen LogP contribution in [0.15, 0.2) is 45.9 Å². The highest BCUT2D eigenvalue weighted by molar-refractivity contribution is 7.89. The quantitative estimate of drug-likeness (QED) is 0.741. The summed E-state index contributed by atoms with van der Waals surface area (Å²) in [6.45, 7) is 3.72. The lowest BCUT2D eigenvalue weighted by Gasteiger charge is -2.11. The van der Waals surface area contributed by atoms with Gasteiger partial charge in [-0.2, -0.15) is 0 Å². The van der Waals surface area contributed by atoms with Gasteiger partial charge in [-0.25, -0.2) is 18.1 Å². The van der Waals surface area contributed by atoms with Crippen LogP contribution < -0.4 is 10.5 Å². The van der Waals surface area contributed by atoms with E-state index < -0.39 is 10.0 Å². The van der Waals surface area contributed by atoms with Crippen LogP contribution in [-0.4, -0.2) is 25.6 Å². The molecule has 0 aliphatic heterocycles. The summed E-state index contributed by atoms with van der Waals surface area (Å²) in [7, 11) is -2.16. The zero-order valence-electron chi connectivity index (χ0n) is 14.1. The molecule has 0 spiro atoms. The number of anilines is 1. The van der Waals surface area contributed by atoms with Gasteiger partial charge in [0.25, 0.3) is 0 Å². The molecule has 3 N–H and O–H groups in total. The van der Waals surface area contributed by atoms with Crippen molar-refractivity contribution < 1.29 is 12.9 Å². The molecule has 3 aromatic rings. The van der Waals surface area contributed by atoms with Crippen molar-refractivity contribution in [2.24, 2.45) is 0 Å². The number of rotatable bonds is 4. The molecule has 0 fully saturated rings. The molecule has 0 unspecified atom stereocenters. The number of aryl methyl sites for hydroxylation is 2. The number of hydrogen-bond donors (Lipinski definition) is 2. The van der Waals surface area contributed by atoms with Crippen molar-refractivity contribution >= 4 is 15.8 Å². The third-order valence-electron chi connectivity index (χ3n) is 3.91. The molecule has 2 heterocycles. The Morgan fingerprint density at radius 3 is 2.52 bits per heavy atom. The van der Waals surface area contributed by atoms with Crippen molar-refractivity contribution in [1.82, 2.24) is 14.9 Å². The van der Waals surface area contributed by atoms with Crippen molar-refractivity contribution in [2.75, 3.05) is 12.8 Å². The van der Waals surface area contributed by atoms with Crippen molar-refractivity contribution in [1.29, 1.82) is 0 Å². The molecule has 0 atom stereocenters. The van der Waals surface area contributed by atoms with E-state index >= 15 is 0 Å². The van der Waals surface area contributed by atoms with Crippen LogP contribution in [0.3, 0.4) is 0 Å². The second kappa shape index (κ2) is 6.30. The lowest BCUT2D eigenvalue weighted by molar-refractivity contribution is 0.427. The minimum Gasteiger partial charge on any atom is -0.383 e. The predicted octanol–water partition coefficient (Wildman–Crippen LogP) is 2.51. The third-order valence-corrected chi connectivity index (χ3v) is 5.32. The average molecular weight is 358 g/mol. The fourth-order valence-electron chi connectivity index (χ4n) is 2.51. The molecular formula is C17H18N4O3S. The Morgan fingerprint density at radius 1 is 1.12 bits per heavy atom. The van der Waals surface area contributed by atoms with Crippen LogP contribution in [0.2, 0.25) is 0 Å². The van der Waals surface area contributed by atoms with Gasteiger partial charge in [0.2, 0.25) is 10.0 Å². The Kier molecular flexibility index (Phi) is 4.32. The van der Waals surface area contributed by atoms with Crippen LogP contribution in [0.5, 0.6) is 0 Å². The fraction of sp³-hybridized carbons (Fsp3) is 0.176. The summed E-state index contributed by atoms with van der Waals surface area (Å²) in [5.41, 5.74) is 9.72. The zero-order chi connectivity index (χ0) is 18.2. The number of nitrogens with one attached hydrogen (secondary N) is 1. The Hall–Kier alpha value is -2.71. The molecule has 0 amide bonds. The molecule has 0 saturated carbocycles. The monoisotopic (exact) mass is 358 g/mol. The van der Waals surface area contributed by atoms with E-state index in [2.05, 4.69) is 14.9 Å². The van der Waals surface area contributed by atoms with Crippen molar-refractivity contribution in [3.8, 4) is 22.5 Å². The summed E-state index contributed by atoms with van der Waals surface area (Å²) < 4.78 is 31.7. The van der Waals surface area contributed by atoms with Gasteiger partial charge in [0.15, 0.2) is 5.76 Å². The number of sulfonamides is 1. The number of nitrogens with zero attached hydrogens (tertiary/aromatic N) is 2. The Labute approximate surface area is 145 Å². The van der Waals surface area contributed by atoms with Gasteiger partial charge in [0.1, 0.15) is 5.82 Å². The van der Waals surface area contributed by atoms with E-state index in [0.717, 1.165) is 22.4 Å². The smallest absolute Gasteiger partial charge is 0.240 e. The van der Waals surface area contributed by atoms with Gasteiger partial charge in [-0.15, -0.1) is 0 Å². The molecule has 7 nitrogen and oxygen atoms in total. The first-order valence-corrected chi connectivity index (χ1v) is 9.04. The molecule has 1 aromatic carbocycles. The van der Waals surface area contributed by atoms with Gasteiger partial charge in [0.05, 0.1) is 16.2 Å². The molecular weight excluding hydrogens is 340 g/mol. The van der Waals surface area contributed by atoms with Crippen molar-refractivity contribution in [3.63, 3.8) is 0 Å². The summed E-state index contributed by atoms with van der Waals surface area (Å²) in [6.07, 6.45) is 1.61. The van der Waals surface area contributed by atoms with E-state index in [1.807, 2.05) is 19.9 Å². The fourth-order valence-corrected chi connectivity index (χ4v) is 3.26. The molecule has 0 saturated heterocycles. The SMILES string of the molecule is CNS(=O)(=O)c1ccc(C)c(-c2cnc(N)c(-c3cc(C)no3)c2)c1. The Bertz CT molecular complexity index is 1040. The average Bonchev–Trinajstić information content (AvgIpc) is 3.02. The number of aromatic nitrogens is 2. The maximum absolute atomic E-state index is 12.1. The van der Waals surface area contributed by atoms with Crippen LogP contribution >= 0.6 is 0 Å². The molecule has 0 bridgehead atoms. The summed E-state index contributed by atoms with van der Waals surface area (Å²) in [4.78, 5) is 4.40. The van der Waals surface area contributed by atoms with Crippen LogP contribution in [-0.2, 0) is 10.0 Å². The third kappa shape index (κ3) is 3.26. The Morgan fingerprint density at radius 2 is 1.88 bits per heavy atom. The van der Waals surface area contributed by atoms with Crippen LogP contribution in [0.25, 0.3) is 22.5 Å². The second-order valence-corrected chi connectivity index (χ2v) is 7.56. The lowest BCUT2D eigenvalue weighted by atomic mass is 10.00. The van der Waals surface area contributed by atoms with E-state index in [9.17, 15) is 8.42 Å². The van der Waals surface area contributed by atoms with Crippen LogP contribution in [0, 0.1) is 13.8 Å². The molecule has 8 heteroatoms. The van der Waals surface area contributed by atoms with E-state index in [4.69, 9.17) is 10.3 Å². The second-order valence-electron chi connectivity index (χ2n) is 5.67. The van der Waals surface area contributed by atoms with Gasteiger partial charge >= 0.3 is 0 Å². The van der Waals surface area contributed by atoms with E-state index in [1.165, 1.54) is 7.05 Å². The molecule has 0 aliphatic rings. The number of hydrogen-bond acceptors (Lipinski definition) is 6. The first-order chi connectivity index (χ1) is 11.8. The molecule has 25 heavy (non-hydrogen) atoms. The number of benzene rings is 1. The van der Waals surface area contributed by atoms with Gasteiger partial charge < -0.3 is 10.3 Å². The number of nitrogen functional groups attached to an aromatic ring is 1. The largest absolute Gasteiger partial charge is 0.383 e. The van der Waals surface area contributed by atoms with Gasteiger partial charge in [-0.3, -0.25) is 0 Å². The standard InChI is InChI=1S/C17H18N4O3S/c1-10-4-5-13(25(22,23)19-3)8-14(10)12-7-15(17(18)20-9-12)16-6-11(2)21-24-16/h4-9,19H,1-3H3,(H2,18,20). The van der Waals surface area contributed by atoms with Gasteiger partial charge in [-0.1, -0.05) is 11.2 Å². The van der Waals surface area contributed by atoms with Crippen LogP contribution in [0.4, 0.5) is 5.82 Å². The summed E-state index contributed by atoms with van der Waals surface area (Å²) in [6, 6.07) is 8.53. The minimum atomic E-state index is -3.54. The molecule has 0 aliphatic carbocycles. The van der Waals surface area contributed by atoms with E-state index in [0.29, 0.717) is 17.1 Å². The first-order valence-electron chi connectivity index (χ1n) is 7.55. The van der Waals surface area contributed by atoms with E-state index in [-0.39, 0.29) is 4.90 Å². The maximum atomic E-state index is 12.1. The normalized spacial score (nSPS) is 11.6. The zero-order valence-corrected chi connectivity index (χ0v) is 14.9. The first kappa shape index (κ1) is 17.1. The number of nitrogens with two attached hydrogens (primary N) is 1. The van der Waals surface area contributed by atoms with E-state index in [1.54, 1.807) is 30.5 Å². The topological polar surface area (TPSA) is 111 Å². The number of pyridine rings is 1. The molecule has 3 rings (SSSR count). The Balaban J connectivity index is 2.16. The summed E-state index contributed by atoms with van der Waals surface area (Å²) >= 11 is 0. The summed E-state index contributed by atoms with van der Waals surface area (Å²) in [5, 5.41) is 3.87. The van der Waals surface area contributed by atoms with Gasteiger partial charge in [0, 0.05) is 17.8 Å².